The van der Waals surface area contributed by atoms with Crippen molar-refractivity contribution in [3.63, 3.8) is 0 Å². The number of imidazole rings is 1. The third-order valence-corrected chi connectivity index (χ3v) is 10.8. The molecule has 0 aromatic carbocycles. The molecule has 2 saturated heterocycles. The van der Waals surface area contributed by atoms with Crippen molar-refractivity contribution in [3.8, 4) is 0 Å². The zero-order valence-electron chi connectivity index (χ0n) is 20.4. The number of rotatable bonds is 9. The molecule has 4 heterocycles. The number of ether oxygens (including phenoxy) is 1. The van der Waals surface area contributed by atoms with Crippen LogP contribution in [0.1, 0.15) is 69.2 Å². The predicted molar refractivity (Wildman–Crippen MR) is 139 cm³/mol. The number of alkyl halides is 2. The minimum atomic E-state index is -2.82. The second-order valence-electron chi connectivity index (χ2n) is 11.0. The van der Waals surface area contributed by atoms with Gasteiger partial charge in [-0.3, -0.25) is 0 Å². The van der Waals surface area contributed by atoms with Gasteiger partial charge in [0.05, 0.1) is 0 Å². The van der Waals surface area contributed by atoms with Gasteiger partial charge in [-0.15, -0.1) is 0 Å². The van der Waals surface area contributed by atoms with E-state index < -0.39 is 26.0 Å². The maximum absolute atomic E-state index is 13.2. The van der Waals surface area contributed by atoms with Gasteiger partial charge in [0.1, 0.15) is 0 Å². The average molecular weight is 582 g/mol. The Morgan fingerprint density at radius 2 is 1.97 bits per heavy atom. The van der Waals surface area contributed by atoms with Crippen LogP contribution in [0.25, 0.3) is 5.65 Å². The molecule has 36 heavy (non-hydrogen) atoms. The Bertz CT molecular complexity index is 1190. The summed E-state index contributed by atoms with van der Waals surface area (Å²) in [7, 11) is 0. The first kappa shape index (κ1) is 24.8. The van der Waals surface area contributed by atoms with E-state index in [-0.39, 0.29) is 16.1 Å². The zero-order chi connectivity index (χ0) is 25.1. The SMILES string of the molecule is CC1(NSc2cc(N3CCC4(CCOC4)CC3)c3nc(C4CC4)c(C(=N)[Se]C(=N)C(F)F)n3c2)CC1. The number of nitrogens with one attached hydrogen (secondary N) is 3. The fourth-order valence-corrected chi connectivity index (χ4v) is 7.39. The van der Waals surface area contributed by atoms with Crippen LogP contribution >= 0.6 is 11.9 Å². The molecule has 4 fully saturated rings. The van der Waals surface area contributed by atoms with Crippen molar-refractivity contribution in [2.45, 2.75) is 74.6 Å². The van der Waals surface area contributed by atoms with Crippen LogP contribution < -0.4 is 9.62 Å². The Morgan fingerprint density at radius 1 is 1.22 bits per heavy atom. The van der Waals surface area contributed by atoms with Gasteiger partial charge in [-0.2, -0.15) is 0 Å². The van der Waals surface area contributed by atoms with Crippen LogP contribution in [-0.4, -0.2) is 71.8 Å². The fraction of sp³-hybridized carbons (Fsp3) is 0.640. The van der Waals surface area contributed by atoms with Crippen LogP contribution in [0.3, 0.4) is 0 Å². The number of anilines is 1. The third-order valence-electron chi connectivity index (χ3n) is 8.06. The topological polar surface area (TPSA) is 89.5 Å². The van der Waals surface area contributed by atoms with Crippen molar-refractivity contribution in [1.82, 2.24) is 14.1 Å². The molecule has 2 aliphatic carbocycles. The van der Waals surface area contributed by atoms with Crippen molar-refractivity contribution in [1.29, 1.82) is 10.8 Å². The van der Waals surface area contributed by atoms with Gasteiger partial charge in [0.15, 0.2) is 0 Å². The van der Waals surface area contributed by atoms with Gasteiger partial charge in [0.2, 0.25) is 0 Å². The number of fused-ring (bicyclic) bond motifs is 1. The van der Waals surface area contributed by atoms with E-state index in [2.05, 4.69) is 22.6 Å². The second kappa shape index (κ2) is 9.34. The van der Waals surface area contributed by atoms with Gasteiger partial charge in [0.25, 0.3) is 0 Å². The molecular weight excluding hydrogens is 549 g/mol. The van der Waals surface area contributed by atoms with E-state index in [1.807, 2.05) is 10.6 Å². The molecule has 0 atom stereocenters. The van der Waals surface area contributed by atoms with Gasteiger partial charge < -0.3 is 0 Å². The van der Waals surface area contributed by atoms with E-state index in [0.29, 0.717) is 11.1 Å². The number of nitrogens with zero attached hydrogens (tertiary/aromatic N) is 3. The van der Waals surface area contributed by atoms with Crippen molar-refractivity contribution >= 4 is 47.5 Å². The number of hydrogen-bond acceptors (Lipinski definition) is 7. The molecular formula is C25H32F2N6OSSe. The van der Waals surface area contributed by atoms with E-state index in [1.54, 1.807) is 11.9 Å². The summed E-state index contributed by atoms with van der Waals surface area (Å²) in [6.07, 6.45) is 6.79. The quantitative estimate of drug-likeness (QED) is 0.228. The number of piperidine rings is 1. The molecule has 2 aromatic heterocycles. The molecule has 3 N–H and O–H groups in total. The first-order valence-electron chi connectivity index (χ1n) is 12.7. The summed E-state index contributed by atoms with van der Waals surface area (Å²) in [6, 6.07) is 2.20. The van der Waals surface area contributed by atoms with E-state index in [4.69, 9.17) is 20.5 Å². The summed E-state index contributed by atoms with van der Waals surface area (Å²) in [4.78, 5) is 8.49. The molecule has 0 amide bonds. The third kappa shape index (κ3) is 4.85. The summed E-state index contributed by atoms with van der Waals surface area (Å²) >= 11 is 0.570. The van der Waals surface area contributed by atoms with Crippen molar-refractivity contribution in [3.05, 3.63) is 23.7 Å². The van der Waals surface area contributed by atoms with Crippen molar-refractivity contribution in [2.24, 2.45) is 5.41 Å². The summed E-state index contributed by atoms with van der Waals surface area (Å²) in [6.45, 7) is 5.78. The van der Waals surface area contributed by atoms with Gasteiger partial charge in [-0.25, -0.2) is 0 Å². The van der Waals surface area contributed by atoms with Crippen LogP contribution in [-0.2, 0) is 4.74 Å². The Kier molecular flexibility index (Phi) is 6.44. The predicted octanol–water partition coefficient (Wildman–Crippen LogP) is 4.64. The molecule has 0 radical (unpaired) electrons. The van der Waals surface area contributed by atoms with Crippen molar-refractivity contribution < 1.29 is 13.5 Å². The van der Waals surface area contributed by atoms with Crippen LogP contribution in [0.15, 0.2) is 17.2 Å². The van der Waals surface area contributed by atoms with Crippen LogP contribution in [0, 0.1) is 16.2 Å². The first-order chi connectivity index (χ1) is 17.3. The summed E-state index contributed by atoms with van der Waals surface area (Å²) < 4.78 is 37.1. The van der Waals surface area contributed by atoms with Gasteiger partial charge in [-0.05, 0) is 0 Å². The minimum absolute atomic E-state index is 0.109. The van der Waals surface area contributed by atoms with Crippen LogP contribution in [0.5, 0.6) is 0 Å². The zero-order valence-corrected chi connectivity index (χ0v) is 22.9. The normalized spacial score (nSPS) is 22.6. The maximum atomic E-state index is 13.2. The van der Waals surface area contributed by atoms with E-state index >= 15 is 0 Å². The average Bonchev–Trinajstić information content (AvgIpc) is 3.76. The second-order valence-corrected chi connectivity index (χ2v) is 14.1. The van der Waals surface area contributed by atoms with Gasteiger partial charge in [-0.1, -0.05) is 0 Å². The molecule has 2 aliphatic heterocycles. The van der Waals surface area contributed by atoms with Crippen molar-refractivity contribution in [2.75, 3.05) is 31.2 Å². The van der Waals surface area contributed by atoms with Gasteiger partial charge >= 0.3 is 221 Å². The Morgan fingerprint density at radius 3 is 2.58 bits per heavy atom. The van der Waals surface area contributed by atoms with E-state index in [9.17, 15) is 8.78 Å². The molecule has 2 aromatic rings. The fourth-order valence-electron chi connectivity index (χ4n) is 5.22. The Balaban J connectivity index is 1.39. The van der Waals surface area contributed by atoms with E-state index in [0.717, 1.165) is 93.2 Å². The molecule has 11 heteroatoms. The molecule has 4 aliphatic rings. The number of hydrogen-bond donors (Lipinski definition) is 3. The molecule has 0 unspecified atom stereocenters. The van der Waals surface area contributed by atoms with Crippen LogP contribution in [0.2, 0.25) is 0 Å². The molecule has 194 valence electrons. The molecule has 6 rings (SSSR count). The molecule has 0 bridgehead atoms. The summed E-state index contributed by atoms with van der Waals surface area (Å²) in [5.74, 6) is 0.268. The molecule has 2 saturated carbocycles. The standard InChI is InChI=1S/C25H32F2N6OSSe/c1-24(4-5-24)31-35-16-12-17(32-9-6-25(7-10-32)8-11-34-14-25)23-30-18(15-2-3-15)19(33(23)13-16)21(28)36-22(29)20(26)27/h12-13,15,20,28-29,31H,2-11,14H2,1H3. The number of halogens is 2. The molecule has 7 nitrogen and oxygen atoms in total. The summed E-state index contributed by atoms with van der Waals surface area (Å²) in [5.41, 5.74) is 3.76. The number of aromatic nitrogens is 2. The first-order valence-corrected chi connectivity index (χ1v) is 15.2. The Labute approximate surface area is 220 Å². The summed E-state index contributed by atoms with van der Waals surface area (Å²) in [5, 5.41) is 16.5. The van der Waals surface area contributed by atoms with Gasteiger partial charge in [0, 0.05) is 0 Å². The monoisotopic (exact) mass is 582 g/mol. The Hall–Kier alpha value is -1.52. The molecule has 1 spiro atoms. The van der Waals surface area contributed by atoms with Crippen LogP contribution in [0.4, 0.5) is 14.5 Å². The number of pyridine rings is 1. The van der Waals surface area contributed by atoms with E-state index in [1.165, 1.54) is 0 Å².